The Morgan fingerprint density at radius 1 is 0.935 bits per heavy atom. The van der Waals surface area contributed by atoms with Crippen molar-refractivity contribution in [2.75, 3.05) is 39.4 Å². The quantitative estimate of drug-likeness (QED) is 0.667. The van der Waals surface area contributed by atoms with Crippen LogP contribution in [0.4, 0.5) is 0 Å². The second-order valence-electron chi connectivity index (χ2n) is 7.83. The molecule has 4 rings (SSSR count). The fraction of sp³-hybridized carbons (Fsp3) is 0.409. The lowest BCUT2D eigenvalue weighted by Crippen LogP contribution is -2.56. The highest BCUT2D eigenvalue weighted by molar-refractivity contribution is 7.89. The van der Waals surface area contributed by atoms with E-state index in [0.717, 1.165) is 5.56 Å². The number of halogens is 2. The second kappa shape index (κ2) is 9.08. The molecule has 2 aromatic rings. The highest BCUT2D eigenvalue weighted by Crippen LogP contribution is 2.38. The third kappa shape index (κ3) is 4.34. The number of hydrogen-bond donors (Lipinski definition) is 0. The van der Waals surface area contributed by atoms with E-state index in [9.17, 15) is 13.2 Å². The van der Waals surface area contributed by atoms with Gasteiger partial charge in [0.1, 0.15) is 4.90 Å². The van der Waals surface area contributed by atoms with E-state index in [0.29, 0.717) is 44.2 Å². The number of benzene rings is 2. The molecule has 0 bridgehead atoms. The monoisotopic (exact) mass is 482 g/mol. The van der Waals surface area contributed by atoms with Gasteiger partial charge in [-0.25, -0.2) is 8.42 Å². The minimum Gasteiger partial charge on any atom is -0.381 e. The number of hydrogen-bond acceptors (Lipinski definition) is 4. The summed E-state index contributed by atoms with van der Waals surface area (Å²) in [6.07, 6.45) is 1.15. The van der Waals surface area contributed by atoms with Gasteiger partial charge in [0.25, 0.3) is 0 Å². The summed E-state index contributed by atoms with van der Waals surface area (Å²) in [6, 6.07) is 13.9. The van der Waals surface area contributed by atoms with E-state index >= 15 is 0 Å². The van der Waals surface area contributed by atoms with Crippen molar-refractivity contribution < 1.29 is 17.9 Å². The molecule has 2 aliphatic rings. The maximum absolute atomic E-state index is 13.7. The Balaban J connectivity index is 1.53. The third-order valence-electron chi connectivity index (χ3n) is 6.11. The smallest absolute Gasteiger partial charge is 0.244 e. The molecule has 0 radical (unpaired) electrons. The molecule has 0 aromatic heterocycles. The van der Waals surface area contributed by atoms with Gasteiger partial charge in [0.05, 0.1) is 10.4 Å². The van der Waals surface area contributed by atoms with Crippen LogP contribution < -0.4 is 0 Å². The van der Waals surface area contributed by atoms with Gasteiger partial charge in [-0.3, -0.25) is 4.79 Å². The van der Waals surface area contributed by atoms with Crippen molar-refractivity contribution in [3.05, 3.63) is 64.1 Å². The van der Waals surface area contributed by atoms with Crippen molar-refractivity contribution in [2.45, 2.75) is 23.2 Å². The van der Waals surface area contributed by atoms with Crippen LogP contribution in [0.2, 0.25) is 10.0 Å². The number of amides is 1. The fourth-order valence-electron chi connectivity index (χ4n) is 4.36. The van der Waals surface area contributed by atoms with Gasteiger partial charge in [-0.05, 0) is 42.7 Å². The maximum Gasteiger partial charge on any atom is 0.244 e. The summed E-state index contributed by atoms with van der Waals surface area (Å²) in [6.45, 7) is 2.10. The number of rotatable bonds is 4. The maximum atomic E-state index is 13.7. The Labute approximate surface area is 192 Å². The standard InChI is InChI=1S/C22H24Cl2N2O4S/c23-18-5-3-4-17(16-18)22(8-14-30-15-9-22)21(27)25-10-12-26(13-11-25)31(28,29)20-7-2-1-6-19(20)24/h1-7,16H,8-15H2. The molecule has 0 spiro atoms. The number of sulfonamides is 1. The summed E-state index contributed by atoms with van der Waals surface area (Å²) < 4.78 is 33.0. The fourth-order valence-corrected chi connectivity index (χ4v) is 6.46. The molecule has 6 nitrogen and oxygen atoms in total. The van der Waals surface area contributed by atoms with Crippen molar-refractivity contribution >= 4 is 39.1 Å². The zero-order valence-electron chi connectivity index (χ0n) is 17.0. The lowest BCUT2D eigenvalue weighted by molar-refractivity contribution is -0.142. The molecule has 31 heavy (non-hydrogen) atoms. The average molecular weight is 483 g/mol. The second-order valence-corrected chi connectivity index (χ2v) is 10.6. The number of carbonyl (C=O) groups is 1. The van der Waals surface area contributed by atoms with Crippen LogP contribution in [0.15, 0.2) is 53.4 Å². The number of piperazine rings is 1. The highest BCUT2D eigenvalue weighted by Gasteiger charge is 2.45. The first-order valence-electron chi connectivity index (χ1n) is 10.2. The summed E-state index contributed by atoms with van der Waals surface area (Å²) in [4.78, 5) is 15.6. The van der Waals surface area contributed by atoms with Crippen LogP contribution in [0.5, 0.6) is 0 Å². The van der Waals surface area contributed by atoms with Crippen LogP contribution >= 0.6 is 23.2 Å². The molecule has 2 heterocycles. The first-order chi connectivity index (χ1) is 14.8. The van der Waals surface area contributed by atoms with Gasteiger partial charge in [0.2, 0.25) is 15.9 Å². The molecular formula is C22H24Cl2N2O4S. The third-order valence-corrected chi connectivity index (χ3v) is 8.75. The van der Waals surface area contributed by atoms with Crippen molar-refractivity contribution in [3.63, 3.8) is 0 Å². The lowest BCUT2D eigenvalue weighted by Gasteiger charge is -2.43. The number of carbonyl (C=O) groups excluding carboxylic acids is 1. The zero-order valence-corrected chi connectivity index (χ0v) is 19.3. The van der Waals surface area contributed by atoms with E-state index in [1.165, 1.54) is 10.4 Å². The van der Waals surface area contributed by atoms with Gasteiger partial charge in [-0.15, -0.1) is 0 Å². The van der Waals surface area contributed by atoms with Crippen molar-refractivity contribution in [1.29, 1.82) is 0 Å². The predicted octanol–water partition coefficient (Wildman–Crippen LogP) is 3.57. The van der Waals surface area contributed by atoms with Crippen LogP contribution in [-0.2, 0) is 25.0 Å². The average Bonchev–Trinajstić information content (AvgIpc) is 2.79. The normalized spacial score (nSPS) is 19.9. The van der Waals surface area contributed by atoms with Gasteiger partial charge >= 0.3 is 0 Å². The van der Waals surface area contributed by atoms with Crippen LogP contribution in [0, 0.1) is 0 Å². The summed E-state index contributed by atoms with van der Waals surface area (Å²) in [5.41, 5.74) is 0.187. The molecule has 2 aromatic carbocycles. The minimum absolute atomic E-state index is 0.00728. The molecule has 2 saturated heterocycles. The highest BCUT2D eigenvalue weighted by atomic mass is 35.5. The first kappa shape index (κ1) is 22.6. The lowest BCUT2D eigenvalue weighted by atomic mass is 9.73. The van der Waals surface area contributed by atoms with Crippen molar-refractivity contribution in [3.8, 4) is 0 Å². The molecule has 0 saturated carbocycles. The largest absolute Gasteiger partial charge is 0.381 e. The molecule has 2 aliphatic heterocycles. The molecule has 166 valence electrons. The summed E-state index contributed by atoms with van der Waals surface area (Å²) in [7, 11) is -3.71. The Kier molecular flexibility index (Phi) is 6.60. The van der Waals surface area contributed by atoms with Gasteiger partial charge in [-0.1, -0.05) is 47.5 Å². The molecule has 0 aliphatic carbocycles. The first-order valence-corrected chi connectivity index (χ1v) is 12.4. The number of nitrogens with zero attached hydrogens (tertiary/aromatic N) is 2. The summed E-state index contributed by atoms with van der Waals surface area (Å²) in [5, 5.41) is 0.787. The van der Waals surface area contributed by atoms with Gasteiger partial charge < -0.3 is 9.64 Å². The summed E-state index contributed by atoms with van der Waals surface area (Å²) >= 11 is 12.3. The minimum atomic E-state index is -3.71. The Hall–Kier alpha value is -1.64. The Bertz CT molecular complexity index is 1060. The van der Waals surface area contributed by atoms with E-state index < -0.39 is 15.4 Å². The van der Waals surface area contributed by atoms with E-state index in [1.807, 2.05) is 18.2 Å². The zero-order chi connectivity index (χ0) is 22.1. The van der Waals surface area contributed by atoms with Crippen molar-refractivity contribution in [1.82, 2.24) is 9.21 Å². The predicted molar refractivity (Wildman–Crippen MR) is 120 cm³/mol. The van der Waals surface area contributed by atoms with E-state index in [-0.39, 0.29) is 28.9 Å². The van der Waals surface area contributed by atoms with Crippen LogP contribution in [0.25, 0.3) is 0 Å². The van der Waals surface area contributed by atoms with Gasteiger partial charge in [0, 0.05) is 44.4 Å². The van der Waals surface area contributed by atoms with Gasteiger partial charge in [0.15, 0.2) is 0 Å². The molecular weight excluding hydrogens is 459 g/mol. The molecule has 9 heteroatoms. The number of ether oxygens (including phenoxy) is 1. The van der Waals surface area contributed by atoms with E-state index in [4.69, 9.17) is 27.9 Å². The molecule has 0 atom stereocenters. The van der Waals surface area contributed by atoms with E-state index in [2.05, 4.69) is 0 Å². The molecule has 0 N–H and O–H groups in total. The van der Waals surface area contributed by atoms with Crippen LogP contribution in [0.3, 0.4) is 0 Å². The Morgan fingerprint density at radius 2 is 1.61 bits per heavy atom. The van der Waals surface area contributed by atoms with Crippen LogP contribution in [-0.4, -0.2) is 62.9 Å². The SMILES string of the molecule is O=C(N1CCN(S(=O)(=O)c2ccccc2Cl)CC1)C1(c2cccc(Cl)c2)CCOCC1. The van der Waals surface area contributed by atoms with E-state index in [1.54, 1.807) is 29.2 Å². The van der Waals surface area contributed by atoms with Gasteiger partial charge in [-0.2, -0.15) is 4.31 Å². The molecule has 2 fully saturated rings. The topological polar surface area (TPSA) is 66.9 Å². The summed E-state index contributed by atoms with van der Waals surface area (Å²) in [5.74, 6) is 0.00728. The molecule has 0 unspecified atom stereocenters. The van der Waals surface area contributed by atoms with Crippen LogP contribution in [0.1, 0.15) is 18.4 Å². The van der Waals surface area contributed by atoms with Crippen molar-refractivity contribution in [2.24, 2.45) is 0 Å². The Morgan fingerprint density at radius 3 is 2.26 bits per heavy atom. The molecule has 1 amide bonds.